The summed E-state index contributed by atoms with van der Waals surface area (Å²) in [5, 5.41) is 12.5. The van der Waals surface area contributed by atoms with Gasteiger partial charge in [-0.15, -0.1) is 0 Å². The predicted octanol–water partition coefficient (Wildman–Crippen LogP) is 2.70. The number of alkyl halides is 3. The second-order valence-electron chi connectivity index (χ2n) is 5.71. The van der Waals surface area contributed by atoms with Gasteiger partial charge in [-0.3, -0.25) is 4.79 Å². The lowest BCUT2D eigenvalue weighted by Gasteiger charge is -2.26. The number of rotatable bonds is 4. The molecule has 2 atom stereocenters. The number of nitrogens with one attached hydrogen (secondary N) is 1. The van der Waals surface area contributed by atoms with Crippen molar-refractivity contribution in [3.05, 3.63) is 59.7 Å². The first kappa shape index (κ1) is 18.1. The summed E-state index contributed by atoms with van der Waals surface area (Å²) in [5.74, 6) is 0.334. The van der Waals surface area contributed by atoms with Crippen molar-refractivity contribution in [3.8, 4) is 11.5 Å². The van der Waals surface area contributed by atoms with Crippen molar-refractivity contribution in [1.82, 2.24) is 5.32 Å². The average Bonchev–Trinajstić information content (AvgIpc) is 2.64. The third-order valence-electron chi connectivity index (χ3n) is 3.90. The topological polar surface area (TPSA) is 67.8 Å². The fourth-order valence-electron chi connectivity index (χ4n) is 2.62. The maximum absolute atomic E-state index is 13.0. The molecular weight excluding hydrogens is 351 g/mol. The van der Waals surface area contributed by atoms with E-state index in [9.17, 15) is 23.1 Å². The molecule has 0 saturated heterocycles. The summed E-state index contributed by atoms with van der Waals surface area (Å²) in [6.45, 7) is -0.411. The number of amides is 1. The van der Waals surface area contributed by atoms with E-state index in [4.69, 9.17) is 9.47 Å². The van der Waals surface area contributed by atoms with Gasteiger partial charge >= 0.3 is 6.18 Å². The van der Waals surface area contributed by atoms with Gasteiger partial charge in [0.15, 0.2) is 11.5 Å². The molecule has 8 heteroatoms. The molecule has 1 heterocycles. The average molecular weight is 367 g/mol. The van der Waals surface area contributed by atoms with Crippen molar-refractivity contribution in [2.24, 2.45) is 0 Å². The van der Waals surface area contributed by atoms with Crippen LogP contribution in [0.25, 0.3) is 0 Å². The molecule has 2 unspecified atom stereocenters. The number of hydrogen-bond acceptors (Lipinski definition) is 4. The lowest BCUT2D eigenvalue weighted by atomic mass is 10.0. The van der Waals surface area contributed by atoms with E-state index in [2.05, 4.69) is 5.32 Å². The Labute approximate surface area is 147 Å². The van der Waals surface area contributed by atoms with E-state index < -0.39 is 29.9 Å². The van der Waals surface area contributed by atoms with Crippen molar-refractivity contribution in [2.45, 2.75) is 18.4 Å². The fraction of sp³-hybridized carbons (Fsp3) is 0.278. The van der Waals surface area contributed by atoms with Crippen LogP contribution in [0.2, 0.25) is 0 Å². The molecule has 1 aliphatic heterocycles. The highest BCUT2D eigenvalue weighted by atomic mass is 19.4. The number of ether oxygens (including phenoxy) is 2. The number of halogens is 3. The van der Waals surface area contributed by atoms with Crippen LogP contribution in [0.4, 0.5) is 13.2 Å². The van der Waals surface area contributed by atoms with Gasteiger partial charge in [0.1, 0.15) is 6.61 Å². The molecule has 0 saturated carbocycles. The van der Waals surface area contributed by atoms with E-state index in [0.29, 0.717) is 11.5 Å². The molecule has 2 aromatic carbocycles. The van der Waals surface area contributed by atoms with Gasteiger partial charge in [0.25, 0.3) is 5.91 Å². The zero-order valence-electron chi connectivity index (χ0n) is 13.5. The number of aliphatic hydroxyl groups is 1. The van der Waals surface area contributed by atoms with Crippen LogP contribution in [0, 0.1) is 0 Å². The minimum absolute atomic E-state index is 0.0297. The first-order valence-corrected chi connectivity index (χ1v) is 7.86. The number of carbonyl (C=O) groups is 1. The van der Waals surface area contributed by atoms with Gasteiger partial charge < -0.3 is 19.9 Å². The Bertz CT molecular complexity index is 794. The van der Waals surface area contributed by atoms with Crippen LogP contribution in [0.3, 0.4) is 0 Å². The van der Waals surface area contributed by atoms with E-state index in [0.717, 1.165) is 6.07 Å². The van der Waals surface area contributed by atoms with Crippen molar-refractivity contribution in [3.63, 3.8) is 0 Å². The second kappa shape index (κ2) is 7.25. The van der Waals surface area contributed by atoms with E-state index in [1.54, 1.807) is 24.3 Å². The Morgan fingerprint density at radius 2 is 1.81 bits per heavy atom. The molecule has 2 N–H and O–H groups in total. The van der Waals surface area contributed by atoms with E-state index >= 15 is 0 Å². The van der Waals surface area contributed by atoms with Gasteiger partial charge in [-0.2, -0.15) is 13.2 Å². The van der Waals surface area contributed by atoms with Gasteiger partial charge in [0.2, 0.25) is 6.10 Å². The molecule has 0 bridgehead atoms. The highest BCUT2D eigenvalue weighted by Gasteiger charge is 2.35. The molecule has 2 aromatic rings. The molecule has 0 spiro atoms. The predicted molar refractivity (Wildman–Crippen MR) is 85.8 cm³/mol. The smallest absolute Gasteiger partial charge is 0.416 e. The second-order valence-corrected chi connectivity index (χ2v) is 5.71. The summed E-state index contributed by atoms with van der Waals surface area (Å²) in [5.41, 5.74) is -1.24. The number of carbonyl (C=O) groups excluding carboxylic acids is 1. The lowest BCUT2D eigenvalue weighted by Crippen LogP contribution is -2.45. The van der Waals surface area contributed by atoms with Crippen molar-refractivity contribution in [2.75, 3.05) is 13.2 Å². The summed E-state index contributed by atoms with van der Waals surface area (Å²) in [6.07, 6.45) is -7.05. The molecule has 138 valence electrons. The molecule has 3 rings (SSSR count). The molecule has 26 heavy (non-hydrogen) atoms. The normalized spacial score (nSPS) is 17.5. The number of aliphatic hydroxyl groups excluding tert-OH is 1. The van der Waals surface area contributed by atoms with Crippen molar-refractivity contribution in [1.29, 1.82) is 0 Å². The maximum Gasteiger partial charge on any atom is 0.416 e. The summed E-state index contributed by atoms with van der Waals surface area (Å²) < 4.78 is 49.9. The van der Waals surface area contributed by atoms with Gasteiger partial charge in [-0.1, -0.05) is 30.3 Å². The highest BCUT2D eigenvalue weighted by molar-refractivity contribution is 5.81. The molecule has 5 nitrogen and oxygen atoms in total. The Balaban J connectivity index is 1.62. The Kier molecular flexibility index (Phi) is 5.03. The molecule has 1 amide bonds. The minimum atomic E-state index is -4.59. The van der Waals surface area contributed by atoms with Gasteiger partial charge in [0.05, 0.1) is 11.7 Å². The summed E-state index contributed by atoms with van der Waals surface area (Å²) in [7, 11) is 0. The quantitative estimate of drug-likeness (QED) is 0.872. The number of para-hydroxylation sites is 2. The monoisotopic (exact) mass is 367 g/mol. The number of benzene rings is 2. The number of hydrogen-bond donors (Lipinski definition) is 2. The highest BCUT2D eigenvalue weighted by Crippen LogP contribution is 2.34. The largest absolute Gasteiger partial charge is 0.485 e. The minimum Gasteiger partial charge on any atom is -0.485 e. The summed E-state index contributed by atoms with van der Waals surface area (Å²) >= 11 is 0. The SMILES string of the molecule is O=C(NCC(O)c1ccccc1C(F)(F)F)C1COc2ccccc2O1. The van der Waals surface area contributed by atoms with E-state index in [1.165, 1.54) is 18.2 Å². The van der Waals surface area contributed by atoms with Gasteiger partial charge in [-0.25, -0.2) is 0 Å². The molecule has 0 radical (unpaired) electrons. The van der Waals surface area contributed by atoms with Crippen LogP contribution in [-0.2, 0) is 11.0 Å². The van der Waals surface area contributed by atoms with Crippen molar-refractivity contribution >= 4 is 5.91 Å². The molecule has 0 aliphatic carbocycles. The van der Waals surface area contributed by atoms with Crippen LogP contribution in [0.5, 0.6) is 11.5 Å². The first-order chi connectivity index (χ1) is 12.4. The zero-order valence-corrected chi connectivity index (χ0v) is 13.5. The van der Waals surface area contributed by atoms with Crippen LogP contribution >= 0.6 is 0 Å². The summed E-state index contributed by atoms with van der Waals surface area (Å²) in [6, 6.07) is 11.5. The lowest BCUT2D eigenvalue weighted by molar-refractivity contribution is -0.139. The van der Waals surface area contributed by atoms with Crippen LogP contribution in [0.1, 0.15) is 17.2 Å². The van der Waals surface area contributed by atoms with Gasteiger partial charge in [0, 0.05) is 6.54 Å². The Morgan fingerprint density at radius 3 is 2.54 bits per heavy atom. The van der Waals surface area contributed by atoms with E-state index in [1.807, 2.05) is 0 Å². The van der Waals surface area contributed by atoms with E-state index in [-0.39, 0.29) is 18.7 Å². The molecule has 0 aromatic heterocycles. The van der Waals surface area contributed by atoms with Crippen LogP contribution in [-0.4, -0.2) is 30.3 Å². The Morgan fingerprint density at radius 1 is 1.15 bits per heavy atom. The van der Waals surface area contributed by atoms with Crippen LogP contribution < -0.4 is 14.8 Å². The third kappa shape index (κ3) is 3.91. The first-order valence-electron chi connectivity index (χ1n) is 7.86. The van der Waals surface area contributed by atoms with Crippen molar-refractivity contribution < 1.29 is 32.5 Å². The zero-order chi connectivity index (χ0) is 18.7. The molecule has 1 aliphatic rings. The maximum atomic E-state index is 13.0. The van der Waals surface area contributed by atoms with Gasteiger partial charge in [-0.05, 0) is 23.8 Å². The molecular formula is C18H16F3NO4. The van der Waals surface area contributed by atoms with Crippen LogP contribution in [0.15, 0.2) is 48.5 Å². The fourth-order valence-corrected chi connectivity index (χ4v) is 2.62. The number of fused-ring (bicyclic) bond motifs is 1. The molecule has 0 fully saturated rings. The summed E-state index contributed by atoms with van der Waals surface area (Å²) in [4.78, 5) is 12.2. The standard InChI is InChI=1S/C18H16F3NO4/c19-18(20,21)12-6-2-1-5-11(12)13(23)9-22-17(24)16-10-25-14-7-3-4-8-15(14)26-16/h1-8,13,16,23H,9-10H2,(H,22,24). The third-order valence-corrected chi connectivity index (χ3v) is 3.90. The Hall–Kier alpha value is -2.74.